The Hall–Kier alpha value is -1.91. The van der Waals surface area contributed by atoms with E-state index in [4.69, 9.17) is 0 Å². The van der Waals surface area contributed by atoms with Crippen LogP contribution >= 0.6 is 0 Å². The van der Waals surface area contributed by atoms with Gasteiger partial charge in [-0.1, -0.05) is 6.07 Å². The summed E-state index contributed by atoms with van der Waals surface area (Å²) in [5.41, 5.74) is 1.22. The number of rotatable bonds is 5. The first-order valence-corrected chi connectivity index (χ1v) is 7.68. The highest BCUT2D eigenvalue weighted by molar-refractivity contribution is 5.84. The molecule has 1 N–H and O–H groups in total. The predicted octanol–water partition coefficient (Wildman–Crippen LogP) is 0.999. The molecule has 2 aliphatic rings. The fourth-order valence-electron chi connectivity index (χ4n) is 3.25. The van der Waals surface area contributed by atoms with E-state index in [1.807, 2.05) is 17.2 Å². The Morgan fingerprint density at radius 1 is 1.38 bits per heavy atom. The molecule has 2 amide bonds. The number of carbonyl (C=O) groups is 2. The molecule has 0 aliphatic carbocycles. The Morgan fingerprint density at radius 3 is 3.05 bits per heavy atom. The summed E-state index contributed by atoms with van der Waals surface area (Å²) in [5, 5.41) is 2.87. The monoisotopic (exact) mass is 287 g/mol. The molecule has 5 nitrogen and oxygen atoms in total. The maximum absolute atomic E-state index is 12.2. The maximum atomic E-state index is 12.2. The summed E-state index contributed by atoms with van der Waals surface area (Å²) in [6.45, 7) is 2.08. The molecule has 0 saturated carbocycles. The number of carbonyl (C=O) groups excluding carboxylic acids is 2. The van der Waals surface area contributed by atoms with Crippen LogP contribution in [0, 0.1) is 11.8 Å². The molecule has 3 heterocycles. The third-order valence-corrected chi connectivity index (χ3v) is 4.50. The van der Waals surface area contributed by atoms with Crippen LogP contribution in [0.4, 0.5) is 0 Å². The highest BCUT2D eigenvalue weighted by Gasteiger charge is 2.43. The van der Waals surface area contributed by atoms with Crippen LogP contribution in [0.2, 0.25) is 0 Å². The topological polar surface area (TPSA) is 62.3 Å². The second kappa shape index (κ2) is 6.24. The molecule has 5 heteroatoms. The first kappa shape index (κ1) is 14.0. The molecule has 21 heavy (non-hydrogen) atoms. The molecule has 0 spiro atoms. The van der Waals surface area contributed by atoms with Gasteiger partial charge < -0.3 is 10.2 Å². The summed E-state index contributed by atoms with van der Waals surface area (Å²) in [6, 6.07) is 4.00. The molecule has 1 aromatic rings. The smallest absolute Gasteiger partial charge is 0.225 e. The molecular formula is C16H21N3O2. The van der Waals surface area contributed by atoms with E-state index in [1.165, 1.54) is 5.56 Å². The van der Waals surface area contributed by atoms with Crippen LogP contribution < -0.4 is 5.32 Å². The number of amides is 2. The number of nitrogens with zero attached hydrogens (tertiary/aromatic N) is 2. The van der Waals surface area contributed by atoms with Gasteiger partial charge in [-0.3, -0.25) is 14.6 Å². The molecule has 2 saturated heterocycles. The minimum atomic E-state index is 0.0318. The Balaban J connectivity index is 1.38. The molecule has 0 unspecified atom stereocenters. The molecule has 2 aliphatic heterocycles. The molecule has 0 radical (unpaired) electrons. The van der Waals surface area contributed by atoms with Crippen LogP contribution in [0.5, 0.6) is 0 Å². The molecule has 2 atom stereocenters. The van der Waals surface area contributed by atoms with Gasteiger partial charge in [0, 0.05) is 44.4 Å². The van der Waals surface area contributed by atoms with E-state index >= 15 is 0 Å². The van der Waals surface area contributed by atoms with Crippen molar-refractivity contribution in [3.8, 4) is 0 Å². The number of aromatic nitrogens is 1. The number of hydrogen-bond donors (Lipinski definition) is 1. The largest absolute Gasteiger partial charge is 0.355 e. The molecular weight excluding hydrogens is 266 g/mol. The number of unbranched alkanes of at least 4 members (excludes halogenated alkanes) is 1. The van der Waals surface area contributed by atoms with Crippen molar-refractivity contribution >= 4 is 11.8 Å². The zero-order valence-corrected chi connectivity index (χ0v) is 12.1. The maximum Gasteiger partial charge on any atom is 0.225 e. The van der Waals surface area contributed by atoms with Crippen molar-refractivity contribution in [1.82, 2.24) is 15.2 Å². The van der Waals surface area contributed by atoms with Crippen molar-refractivity contribution in [2.45, 2.75) is 25.7 Å². The van der Waals surface area contributed by atoms with Gasteiger partial charge in [-0.2, -0.15) is 0 Å². The van der Waals surface area contributed by atoms with Gasteiger partial charge in [0.25, 0.3) is 0 Å². The van der Waals surface area contributed by atoms with Gasteiger partial charge in [-0.15, -0.1) is 0 Å². The second-order valence-corrected chi connectivity index (χ2v) is 5.98. The fraction of sp³-hybridized carbons (Fsp3) is 0.562. The Morgan fingerprint density at radius 2 is 2.29 bits per heavy atom. The number of aryl methyl sites for hydroxylation is 1. The van der Waals surface area contributed by atoms with Crippen LogP contribution in [0.1, 0.15) is 24.8 Å². The highest BCUT2D eigenvalue weighted by Crippen LogP contribution is 2.27. The molecule has 0 bridgehead atoms. The van der Waals surface area contributed by atoms with Gasteiger partial charge in [-0.05, 0) is 30.9 Å². The quantitative estimate of drug-likeness (QED) is 0.822. The number of likely N-dealkylation sites (tertiary alicyclic amines) is 1. The third-order valence-electron chi connectivity index (χ3n) is 4.50. The van der Waals surface area contributed by atoms with Gasteiger partial charge in [0.1, 0.15) is 0 Å². The fourth-order valence-corrected chi connectivity index (χ4v) is 3.25. The first-order chi connectivity index (χ1) is 10.2. The number of nitrogens with one attached hydrogen (secondary N) is 1. The van der Waals surface area contributed by atoms with Crippen LogP contribution in [-0.4, -0.2) is 41.3 Å². The molecule has 0 aromatic carbocycles. The standard InChI is InChI=1S/C16H21N3O2/c20-15(6-2-1-4-12-5-3-7-17-8-12)19-10-13-9-18-16(21)14(13)11-19/h3,5,7-8,13-14H,1-2,4,6,9-11H2,(H,18,21)/t13-,14+/m0/s1. The van der Waals surface area contributed by atoms with E-state index in [1.54, 1.807) is 6.20 Å². The van der Waals surface area contributed by atoms with E-state index < -0.39 is 0 Å². The lowest BCUT2D eigenvalue weighted by Gasteiger charge is -2.17. The summed E-state index contributed by atoms with van der Waals surface area (Å²) >= 11 is 0. The average molecular weight is 287 g/mol. The van der Waals surface area contributed by atoms with Crippen LogP contribution in [0.25, 0.3) is 0 Å². The molecule has 112 valence electrons. The average Bonchev–Trinajstić information content (AvgIpc) is 3.07. The Bertz CT molecular complexity index is 518. The van der Waals surface area contributed by atoms with Crippen molar-refractivity contribution in [3.63, 3.8) is 0 Å². The van der Waals surface area contributed by atoms with Gasteiger partial charge in [0.2, 0.25) is 11.8 Å². The van der Waals surface area contributed by atoms with Gasteiger partial charge in [0.05, 0.1) is 5.92 Å². The van der Waals surface area contributed by atoms with Crippen LogP contribution in [0.15, 0.2) is 24.5 Å². The third kappa shape index (κ3) is 3.23. The predicted molar refractivity (Wildman–Crippen MR) is 78.4 cm³/mol. The van der Waals surface area contributed by atoms with Crippen molar-refractivity contribution in [2.75, 3.05) is 19.6 Å². The van der Waals surface area contributed by atoms with E-state index in [2.05, 4.69) is 16.4 Å². The molecule has 1 aromatic heterocycles. The van der Waals surface area contributed by atoms with Crippen LogP contribution in [-0.2, 0) is 16.0 Å². The van der Waals surface area contributed by atoms with Crippen molar-refractivity contribution in [1.29, 1.82) is 0 Å². The van der Waals surface area contributed by atoms with Gasteiger partial charge in [0.15, 0.2) is 0 Å². The van der Waals surface area contributed by atoms with Crippen LogP contribution in [0.3, 0.4) is 0 Å². The summed E-state index contributed by atoms with van der Waals surface area (Å²) in [4.78, 5) is 29.7. The SMILES string of the molecule is O=C1NC[C@H]2CN(C(=O)CCCCc3cccnc3)C[C@@H]12. The highest BCUT2D eigenvalue weighted by atomic mass is 16.2. The Kier molecular flexibility index (Phi) is 4.18. The minimum Gasteiger partial charge on any atom is -0.355 e. The van der Waals surface area contributed by atoms with Crippen molar-refractivity contribution in [3.05, 3.63) is 30.1 Å². The zero-order chi connectivity index (χ0) is 14.7. The van der Waals surface area contributed by atoms with E-state index in [0.29, 0.717) is 18.9 Å². The normalized spacial score (nSPS) is 24.0. The van der Waals surface area contributed by atoms with E-state index in [9.17, 15) is 9.59 Å². The number of fused-ring (bicyclic) bond motifs is 1. The number of hydrogen-bond acceptors (Lipinski definition) is 3. The Labute approximate surface area is 124 Å². The van der Waals surface area contributed by atoms with Gasteiger partial charge >= 0.3 is 0 Å². The lowest BCUT2D eigenvalue weighted by atomic mass is 10.0. The lowest BCUT2D eigenvalue weighted by molar-refractivity contribution is -0.131. The molecule has 2 fully saturated rings. The lowest BCUT2D eigenvalue weighted by Crippen LogP contribution is -2.33. The summed E-state index contributed by atoms with van der Waals surface area (Å²) in [5.74, 6) is 0.677. The number of pyridine rings is 1. The summed E-state index contributed by atoms with van der Waals surface area (Å²) < 4.78 is 0. The van der Waals surface area contributed by atoms with Crippen molar-refractivity contribution < 1.29 is 9.59 Å². The van der Waals surface area contributed by atoms with E-state index in [0.717, 1.165) is 32.4 Å². The van der Waals surface area contributed by atoms with Gasteiger partial charge in [-0.25, -0.2) is 0 Å². The summed E-state index contributed by atoms with van der Waals surface area (Å²) in [6.07, 6.45) is 7.09. The second-order valence-electron chi connectivity index (χ2n) is 5.98. The first-order valence-electron chi connectivity index (χ1n) is 7.68. The van der Waals surface area contributed by atoms with E-state index in [-0.39, 0.29) is 17.7 Å². The zero-order valence-electron chi connectivity index (χ0n) is 12.1. The molecule has 3 rings (SSSR count). The minimum absolute atomic E-state index is 0.0318. The summed E-state index contributed by atoms with van der Waals surface area (Å²) in [7, 11) is 0. The van der Waals surface area contributed by atoms with Crippen molar-refractivity contribution in [2.24, 2.45) is 11.8 Å².